The summed E-state index contributed by atoms with van der Waals surface area (Å²) in [5, 5.41) is 1.68. The fourth-order valence-electron chi connectivity index (χ4n) is 4.79. The van der Waals surface area contributed by atoms with Gasteiger partial charge in [-0.15, -0.1) is 11.3 Å². The van der Waals surface area contributed by atoms with Crippen molar-refractivity contribution in [2.24, 2.45) is 0 Å². The van der Waals surface area contributed by atoms with Crippen molar-refractivity contribution in [2.45, 2.75) is 38.1 Å². The van der Waals surface area contributed by atoms with E-state index in [1.165, 1.54) is 0 Å². The molecule has 0 aliphatic heterocycles. The van der Waals surface area contributed by atoms with Crippen LogP contribution in [0, 0.1) is 0 Å². The van der Waals surface area contributed by atoms with Crippen molar-refractivity contribution in [2.75, 3.05) is 7.11 Å². The van der Waals surface area contributed by atoms with E-state index < -0.39 is 0 Å². The first-order valence-electron chi connectivity index (χ1n) is 11.5. The molecule has 5 aromatic rings. The van der Waals surface area contributed by atoms with E-state index in [1.807, 2.05) is 46.6 Å². The molecule has 170 valence electrons. The van der Waals surface area contributed by atoms with Crippen molar-refractivity contribution in [1.82, 2.24) is 19.5 Å². The van der Waals surface area contributed by atoms with Gasteiger partial charge in [0.2, 0.25) is 0 Å². The van der Waals surface area contributed by atoms with E-state index in [4.69, 9.17) is 4.74 Å². The molecule has 0 radical (unpaired) electrons. The Hall–Kier alpha value is -3.58. The molecule has 0 amide bonds. The highest BCUT2D eigenvalue weighted by Crippen LogP contribution is 2.39. The molecule has 0 spiro atoms. The zero-order chi connectivity index (χ0) is 23.2. The molecule has 0 bridgehead atoms. The van der Waals surface area contributed by atoms with Crippen molar-refractivity contribution in [3.63, 3.8) is 0 Å². The fraction of sp³-hybridized carbons (Fsp3) is 0.259. The summed E-state index contributed by atoms with van der Waals surface area (Å²) in [5.41, 5.74) is 6.72. The molecule has 1 fully saturated rings. The summed E-state index contributed by atoms with van der Waals surface area (Å²) in [5.74, 6) is 0.797. The maximum atomic E-state index is 14.0. The second kappa shape index (κ2) is 8.33. The van der Waals surface area contributed by atoms with Gasteiger partial charge in [0.25, 0.3) is 5.56 Å². The van der Waals surface area contributed by atoms with Crippen LogP contribution in [0.2, 0.25) is 0 Å². The number of rotatable bonds is 6. The fourth-order valence-corrected chi connectivity index (χ4v) is 5.49. The van der Waals surface area contributed by atoms with E-state index in [2.05, 4.69) is 27.9 Å². The smallest absolute Gasteiger partial charge is 0.259 e. The van der Waals surface area contributed by atoms with Gasteiger partial charge in [-0.3, -0.25) is 14.8 Å². The molecule has 1 saturated carbocycles. The third-order valence-electron chi connectivity index (χ3n) is 6.61. The van der Waals surface area contributed by atoms with Crippen LogP contribution in [-0.2, 0) is 6.42 Å². The largest absolute Gasteiger partial charge is 0.495 e. The monoisotopic (exact) mass is 468 g/mol. The Bertz CT molecular complexity index is 1590. The highest BCUT2D eigenvalue weighted by atomic mass is 32.1. The van der Waals surface area contributed by atoms with Gasteiger partial charge in [-0.2, -0.15) is 0 Å². The number of thiazole rings is 1. The number of ether oxygens (including phenoxy) is 1. The van der Waals surface area contributed by atoms with Crippen LogP contribution in [0.1, 0.15) is 43.1 Å². The standard InChI is InChI=1S/C27H24N4O2S/c1-16(10-22-26-24(8-9-29-22)34-15-30-26)23-12-17-4-3-5-21(18-11-20(33-2)14-28-13-18)25(17)27(32)31(23)19-6-7-19/h3-5,8-9,11-16,19H,6-7,10H2,1-2H3/t16-/m1/s1. The lowest BCUT2D eigenvalue weighted by atomic mass is 9.95. The summed E-state index contributed by atoms with van der Waals surface area (Å²) in [7, 11) is 1.62. The molecule has 1 aliphatic rings. The zero-order valence-electron chi connectivity index (χ0n) is 19.1. The first kappa shape index (κ1) is 21.0. The predicted octanol–water partition coefficient (Wildman–Crippen LogP) is 5.76. The minimum atomic E-state index is 0.0695. The number of methoxy groups -OCH3 is 1. The topological polar surface area (TPSA) is 69.9 Å². The van der Waals surface area contributed by atoms with Gasteiger partial charge in [0.1, 0.15) is 11.3 Å². The van der Waals surface area contributed by atoms with Gasteiger partial charge in [-0.25, -0.2) is 4.98 Å². The number of hydrogen-bond donors (Lipinski definition) is 0. The van der Waals surface area contributed by atoms with Crippen LogP contribution in [0.3, 0.4) is 0 Å². The molecular formula is C27H24N4O2S. The summed E-state index contributed by atoms with van der Waals surface area (Å²) in [6.07, 6.45) is 8.12. The van der Waals surface area contributed by atoms with Gasteiger partial charge in [0.15, 0.2) is 0 Å². The maximum absolute atomic E-state index is 14.0. The lowest BCUT2D eigenvalue weighted by Gasteiger charge is -2.20. The zero-order valence-corrected chi connectivity index (χ0v) is 19.9. The first-order chi connectivity index (χ1) is 16.6. The Morgan fingerprint density at radius 3 is 2.88 bits per heavy atom. The Morgan fingerprint density at radius 2 is 2.06 bits per heavy atom. The number of hydrogen-bond acceptors (Lipinski definition) is 6. The van der Waals surface area contributed by atoms with Crippen LogP contribution in [-0.4, -0.2) is 26.6 Å². The Morgan fingerprint density at radius 1 is 1.18 bits per heavy atom. The quantitative estimate of drug-likeness (QED) is 0.317. The van der Waals surface area contributed by atoms with Crippen LogP contribution in [0.5, 0.6) is 5.75 Å². The summed E-state index contributed by atoms with van der Waals surface area (Å²) in [4.78, 5) is 27.5. The lowest BCUT2D eigenvalue weighted by molar-refractivity contribution is 0.413. The second-order valence-electron chi connectivity index (χ2n) is 8.92. The number of nitrogens with zero attached hydrogens (tertiary/aromatic N) is 4. The van der Waals surface area contributed by atoms with Crippen LogP contribution in [0.25, 0.3) is 32.1 Å². The second-order valence-corrected chi connectivity index (χ2v) is 9.81. The Labute approximate surface area is 200 Å². The van der Waals surface area contributed by atoms with E-state index in [0.29, 0.717) is 5.75 Å². The molecular weight excluding hydrogens is 444 g/mol. The van der Waals surface area contributed by atoms with Crippen molar-refractivity contribution < 1.29 is 4.74 Å². The highest BCUT2D eigenvalue weighted by Gasteiger charge is 2.30. The van der Waals surface area contributed by atoms with Gasteiger partial charge in [-0.1, -0.05) is 25.1 Å². The van der Waals surface area contributed by atoms with Crippen LogP contribution in [0.15, 0.2) is 65.3 Å². The summed E-state index contributed by atoms with van der Waals surface area (Å²) >= 11 is 1.63. The molecule has 0 N–H and O–H groups in total. The van der Waals surface area contributed by atoms with E-state index in [1.54, 1.807) is 30.8 Å². The van der Waals surface area contributed by atoms with Crippen molar-refractivity contribution in [3.05, 3.63) is 82.2 Å². The number of aromatic nitrogens is 4. The minimum Gasteiger partial charge on any atom is -0.495 e. The molecule has 0 unspecified atom stereocenters. The van der Waals surface area contributed by atoms with Gasteiger partial charge in [0.05, 0.1) is 34.6 Å². The normalized spacial score (nSPS) is 14.5. The Balaban J connectivity index is 1.50. The Kier molecular flexibility index (Phi) is 5.14. The molecule has 34 heavy (non-hydrogen) atoms. The number of fused-ring (bicyclic) bond motifs is 2. The maximum Gasteiger partial charge on any atom is 0.259 e. The molecule has 6 nitrogen and oxygen atoms in total. The van der Waals surface area contributed by atoms with E-state index >= 15 is 0 Å². The molecule has 1 aliphatic carbocycles. The summed E-state index contributed by atoms with van der Waals surface area (Å²) in [6.45, 7) is 2.18. The summed E-state index contributed by atoms with van der Waals surface area (Å²) in [6, 6.07) is 12.4. The van der Waals surface area contributed by atoms with Gasteiger partial charge in [0, 0.05) is 35.6 Å². The van der Waals surface area contributed by atoms with E-state index in [-0.39, 0.29) is 17.5 Å². The molecule has 4 aromatic heterocycles. The third kappa shape index (κ3) is 3.56. The third-order valence-corrected chi connectivity index (χ3v) is 7.41. The van der Waals surface area contributed by atoms with E-state index in [0.717, 1.165) is 62.8 Å². The SMILES string of the molecule is COc1cncc(-c2cccc3cc([C@H](C)Cc4nccc5scnc45)n(C4CC4)c(=O)c23)c1. The number of benzene rings is 1. The lowest BCUT2D eigenvalue weighted by Crippen LogP contribution is -2.25. The molecule has 6 rings (SSSR count). The average molecular weight is 469 g/mol. The molecule has 1 atom stereocenters. The minimum absolute atomic E-state index is 0.0695. The predicted molar refractivity (Wildman–Crippen MR) is 136 cm³/mol. The summed E-state index contributed by atoms with van der Waals surface area (Å²) < 4.78 is 8.54. The first-order valence-corrected chi connectivity index (χ1v) is 12.4. The highest BCUT2D eigenvalue weighted by molar-refractivity contribution is 7.16. The van der Waals surface area contributed by atoms with Crippen LogP contribution < -0.4 is 10.3 Å². The molecule has 0 saturated heterocycles. The molecule has 1 aromatic carbocycles. The van der Waals surface area contributed by atoms with Crippen molar-refractivity contribution in [1.29, 1.82) is 0 Å². The number of pyridine rings is 3. The van der Waals surface area contributed by atoms with Crippen LogP contribution in [0.4, 0.5) is 0 Å². The van der Waals surface area contributed by atoms with E-state index in [9.17, 15) is 4.79 Å². The van der Waals surface area contributed by atoms with Crippen molar-refractivity contribution in [3.8, 4) is 16.9 Å². The van der Waals surface area contributed by atoms with Gasteiger partial charge in [-0.05, 0) is 48.4 Å². The molecule has 4 heterocycles. The van der Waals surface area contributed by atoms with Gasteiger partial charge < -0.3 is 9.30 Å². The molecule has 7 heteroatoms. The average Bonchev–Trinajstić information content (AvgIpc) is 3.58. The van der Waals surface area contributed by atoms with Gasteiger partial charge >= 0.3 is 0 Å². The van der Waals surface area contributed by atoms with Crippen LogP contribution >= 0.6 is 11.3 Å². The van der Waals surface area contributed by atoms with Crippen molar-refractivity contribution >= 4 is 32.3 Å².